The van der Waals surface area contributed by atoms with Crippen molar-refractivity contribution in [2.75, 3.05) is 18.6 Å². The average Bonchev–Trinajstić information content (AvgIpc) is 2.30. The molecule has 17 heavy (non-hydrogen) atoms. The highest BCUT2D eigenvalue weighted by Gasteiger charge is 2.08. The van der Waals surface area contributed by atoms with Gasteiger partial charge in [0.05, 0.1) is 0 Å². The fraction of sp³-hybridized carbons (Fsp3) is 0.615. The summed E-state index contributed by atoms with van der Waals surface area (Å²) in [7, 11) is 2.03. The molecule has 0 amide bonds. The summed E-state index contributed by atoms with van der Waals surface area (Å²) in [6, 6.07) is 4.64. The van der Waals surface area contributed by atoms with E-state index in [2.05, 4.69) is 52.2 Å². The van der Waals surface area contributed by atoms with E-state index in [9.17, 15) is 0 Å². The molecule has 0 aliphatic carbocycles. The van der Waals surface area contributed by atoms with Crippen molar-refractivity contribution < 1.29 is 0 Å². The fourth-order valence-electron chi connectivity index (χ4n) is 1.47. The van der Waals surface area contributed by atoms with Gasteiger partial charge in [0, 0.05) is 34.6 Å². The Morgan fingerprint density at radius 3 is 2.65 bits per heavy atom. The standard InChI is InChI=1S/C13H21BrN2S/c1-10(2)8-17-9-13(15-3)6-12-5-4-11(14)7-16-12/h4-5,7,10,13,15H,6,8-9H2,1-3H3. The summed E-state index contributed by atoms with van der Waals surface area (Å²) >= 11 is 5.42. The Bertz CT molecular complexity index is 314. The van der Waals surface area contributed by atoms with Gasteiger partial charge in [0.1, 0.15) is 0 Å². The number of hydrogen-bond acceptors (Lipinski definition) is 3. The molecule has 0 radical (unpaired) electrons. The normalized spacial score (nSPS) is 13.0. The van der Waals surface area contributed by atoms with Crippen molar-refractivity contribution in [2.45, 2.75) is 26.3 Å². The number of rotatable bonds is 7. The molecule has 2 nitrogen and oxygen atoms in total. The average molecular weight is 317 g/mol. The van der Waals surface area contributed by atoms with Crippen LogP contribution in [-0.4, -0.2) is 29.6 Å². The Morgan fingerprint density at radius 1 is 1.35 bits per heavy atom. The van der Waals surface area contributed by atoms with E-state index >= 15 is 0 Å². The second kappa shape index (κ2) is 8.11. The Balaban J connectivity index is 2.38. The van der Waals surface area contributed by atoms with Gasteiger partial charge in [-0.1, -0.05) is 13.8 Å². The van der Waals surface area contributed by atoms with Crippen LogP contribution in [0.5, 0.6) is 0 Å². The summed E-state index contributed by atoms with van der Waals surface area (Å²) in [5, 5.41) is 3.37. The van der Waals surface area contributed by atoms with Gasteiger partial charge in [-0.05, 0) is 46.8 Å². The minimum Gasteiger partial charge on any atom is -0.316 e. The number of nitrogens with one attached hydrogen (secondary N) is 1. The molecule has 0 fully saturated rings. The highest BCUT2D eigenvalue weighted by molar-refractivity contribution is 9.10. The van der Waals surface area contributed by atoms with Crippen molar-refractivity contribution in [1.29, 1.82) is 0 Å². The van der Waals surface area contributed by atoms with Crippen molar-refractivity contribution in [2.24, 2.45) is 5.92 Å². The van der Waals surface area contributed by atoms with Gasteiger partial charge in [-0.25, -0.2) is 0 Å². The highest BCUT2D eigenvalue weighted by atomic mass is 79.9. The van der Waals surface area contributed by atoms with Crippen LogP contribution in [0.2, 0.25) is 0 Å². The number of aromatic nitrogens is 1. The molecule has 1 N–H and O–H groups in total. The maximum Gasteiger partial charge on any atom is 0.0420 e. The lowest BCUT2D eigenvalue weighted by Gasteiger charge is -2.16. The first-order valence-corrected chi connectivity index (χ1v) is 7.92. The third-order valence-electron chi connectivity index (χ3n) is 2.42. The number of thioether (sulfide) groups is 1. The van der Waals surface area contributed by atoms with Gasteiger partial charge in [0.15, 0.2) is 0 Å². The topological polar surface area (TPSA) is 24.9 Å². The van der Waals surface area contributed by atoms with Gasteiger partial charge < -0.3 is 5.32 Å². The first-order valence-electron chi connectivity index (χ1n) is 5.97. The van der Waals surface area contributed by atoms with Gasteiger partial charge in [-0.15, -0.1) is 0 Å². The molecule has 1 rings (SSSR count). The largest absolute Gasteiger partial charge is 0.316 e. The summed E-state index contributed by atoms with van der Waals surface area (Å²) in [4.78, 5) is 4.41. The molecule has 0 aromatic carbocycles. The minimum absolute atomic E-state index is 0.507. The maximum absolute atomic E-state index is 4.41. The van der Waals surface area contributed by atoms with Crippen molar-refractivity contribution >= 4 is 27.7 Å². The number of likely N-dealkylation sites (N-methyl/N-ethyl adjacent to an activating group) is 1. The summed E-state index contributed by atoms with van der Waals surface area (Å²) in [5.74, 6) is 3.14. The summed E-state index contributed by atoms with van der Waals surface area (Å²) in [5.41, 5.74) is 1.15. The molecule has 96 valence electrons. The molecule has 1 atom stereocenters. The first kappa shape index (κ1) is 15.0. The van der Waals surface area contributed by atoms with E-state index in [1.807, 2.05) is 25.0 Å². The van der Waals surface area contributed by atoms with Gasteiger partial charge in [0.2, 0.25) is 0 Å². The van der Waals surface area contributed by atoms with Crippen LogP contribution >= 0.6 is 27.7 Å². The highest BCUT2D eigenvalue weighted by Crippen LogP contribution is 2.13. The van der Waals surface area contributed by atoms with Crippen LogP contribution in [0.1, 0.15) is 19.5 Å². The molecule has 0 spiro atoms. The molecule has 1 aromatic heterocycles. The first-order chi connectivity index (χ1) is 8.11. The number of nitrogens with zero attached hydrogens (tertiary/aromatic N) is 1. The molecule has 1 unspecified atom stereocenters. The SMILES string of the molecule is CNC(CSCC(C)C)Cc1ccc(Br)cn1. The molecule has 0 saturated heterocycles. The van der Waals surface area contributed by atoms with E-state index in [4.69, 9.17) is 0 Å². The summed E-state index contributed by atoms with van der Waals surface area (Å²) in [6.07, 6.45) is 2.86. The Morgan fingerprint density at radius 2 is 2.12 bits per heavy atom. The predicted octanol–water partition coefficient (Wildman–Crippen LogP) is 3.36. The smallest absolute Gasteiger partial charge is 0.0420 e. The minimum atomic E-state index is 0.507. The van der Waals surface area contributed by atoms with Crippen LogP contribution in [0.15, 0.2) is 22.8 Å². The zero-order valence-corrected chi connectivity index (χ0v) is 13.1. The van der Waals surface area contributed by atoms with E-state index in [0.717, 1.165) is 28.3 Å². The van der Waals surface area contributed by atoms with Crippen LogP contribution in [-0.2, 0) is 6.42 Å². The summed E-state index contributed by atoms with van der Waals surface area (Å²) in [6.45, 7) is 4.52. The van der Waals surface area contributed by atoms with Gasteiger partial charge in [-0.3, -0.25) is 4.98 Å². The fourth-order valence-corrected chi connectivity index (χ4v) is 2.88. The molecule has 0 aliphatic rings. The third-order valence-corrected chi connectivity index (χ3v) is 4.43. The van der Waals surface area contributed by atoms with Crippen LogP contribution in [0.3, 0.4) is 0 Å². The molecule has 0 aliphatic heterocycles. The third kappa shape index (κ3) is 6.43. The Hall–Kier alpha value is -0.0600. The monoisotopic (exact) mass is 316 g/mol. The lowest BCUT2D eigenvalue weighted by Crippen LogP contribution is -2.30. The van der Waals surface area contributed by atoms with Crippen LogP contribution < -0.4 is 5.32 Å². The lowest BCUT2D eigenvalue weighted by molar-refractivity contribution is 0.608. The molecule has 1 aromatic rings. The van der Waals surface area contributed by atoms with Crippen molar-refractivity contribution in [3.63, 3.8) is 0 Å². The zero-order valence-electron chi connectivity index (χ0n) is 10.7. The lowest BCUT2D eigenvalue weighted by atomic mass is 10.2. The molecular formula is C13H21BrN2S. The molecule has 4 heteroatoms. The van der Waals surface area contributed by atoms with Crippen molar-refractivity contribution in [1.82, 2.24) is 10.3 Å². The predicted molar refractivity (Wildman–Crippen MR) is 80.7 cm³/mol. The van der Waals surface area contributed by atoms with E-state index in [0.29, 0.717) is 6.04 Å². The zero-order chi connectivity index (χ0) is 12.7. The second-order valence-electron chi connectivity index (χ2n) is 4.59. The molecule has 0 bridgehead atoms. The van der Waals surface area contributed by atoms with Crippen LogP contribution in [0.25, 0.3) is 0 Å². The Kier molecular flexibility index (Phi) is 7.16. The van der Waals surface area contributed by atoms with E-state index in [-0.39, 0.29) is 0 Å². The van der Waals surface area contributed by atoms with E-state index in [1.54, 1.807) is 0 Å². The van der Waals surface area contributed by atoms with Crippen molar-refractivity contribution in [3.05, 3.63) is 28.5 Å². The van der Waals surface area contributed by atoms with Gasteiger partial charge in [0.25, 0.3) is 0 Å². The molecule has 0 saturated carbocycles. The molecule has 1 heterocycles. The second-order valence-corrected chi connectivity index (χ2v) is 6.58. The number of halogens is 1. The maximum atomic E-state index is 4.41. The van der Waals surface area contributed by atoms with Crippen molar-refractivity contribution in [3.8, 4) is 0 Å². The van der Waals surface area contributed by atoms with E-state index in [1.165, 1.54) is 5.75 Å². The number of pyridine rings is 1. The van der Waals surface area contributed by atoms with E-state index < -0.39 is 0 Å². The quantitative estimate of drug-likeness (QED) is 0.835. The van der Waals surface area contributed by atoms with Crippen LogP contribution in [0, 0.1) is 5.92 Å². The van der Waals surface area contributed by atoms with Gasteiger partial charge in [-0.2, -0.15) is 11.8 Å². The molecular weight excluding hydrogens is 296 g/mol. The van der Waals surface area contributed by atoms with Gasteiger partial charge >= 0.3 is 0 Å². The Labute approximate surface area is 117 Å². The number of hydrogen-bond donors (Lipinski definition) is 1. The van der Waals surface area contributed by atoms with Crippen LogP contribution in [0.4, 0.5) is 0 Å². The summed E-state index contributed by atoms with van der Waals surface area (Å²) < 4.78 is 1.04.